The molecule has 120 valence electrons. The summed E-state index contributed by atoms with van der Waals surface area (Å²) in [6.45, 7) is 1.97. The summed E-state index contributed by atoms with van der Waals surface area (Å²) in [4.78, 5) is 12.1. The van der Waals surface area contributed by atoms with Crippen molar-refractivity contribution < 1.29 is 9.53 Å². The van der Waals surface area contributed by atoms with Crippen LogP contribution in [0.5, 0.6) is 5.75 Å². The second kappa shape index (κ2) is 8.30. The van der Waals surface area contributed by atoms with E-state index in [-0.39, 0.29) is 5.91 Å². The van der Waals surface area contributed by atoms with E-state index >= 15 is 0 Å². The Morgan fingerprint density at radius 2 is 2.00 bits per heavy atom. The number of anilines is 1. The molecule has 0 aliphatic rings. The van der Waals surface area contributed by atoms with Crippen LogP contribution in [0.4, 0.5) is 5.69 Å². The predicted molar refractivity (Wildman–Crippen MR) is 110 cm³/mol. The van der Waals surface area contributed by atoms with Gasteiger partial charge in [-0.3, -0.25) is 4.79 Å². The molecule has 0 unspecified atom stereocenters. The third-order valence-electron chi connectivity index (χ3n) is 3.10. The SMILES string of the molecule is COc1c(Br)cc(Br)cc1/C=C/C(=O)Nc1ccc(I)cc1C. The highest BCUT2D eigenvalue weighted by Crippen LogP contribution is 2.33. The van der Waals surface area contributed by atoms with Gasteiger partial charge in [-0.2, -0.15) is 0 Å². The highest BCUT2D eigenvalue weighted by Gasteiger charge is 2.08. The van der Waals surface area contributed by atoms with Crippen LogP contribution in [0.1, 0.15) is 11.1 Å². The minimum atomic E-state index is -0.188. The zero-order valence-electron chi connectivity index (χ0n) is 12.5. The summed E-state index contributed by atoms with van der Waals surface area (Å²) in [6.07, 6.45) is 3.22. The summed E-state index contributed by atoms with van der Waals surface area (Å²) in [5.41, 5.74) is 2.65. The van der Waals surface area contributed by atoms with Crippen LogP contribution >= 0.6 is 54.5 Å². The Balaban J connectivity index is 2.18. The number of methoxy groups -OCH3 is 1. The van der Waals surface area contributed by atoms with Crippen molar-refractivity contribution in [3.63, 3.8) is 0 Å². The van der Waals surface area contributed by atoms with Crippen LogP contribution in [0, 0.1) is 10.5 Å². The van der Waals surface area contributed by atoms with Gasteiger partial charge in [0.1, 0.15) is 5.75 Å². The molecular weight excluding hydrogens is 537 g/mol. The lowest BCUT2D eigenvalue weighted by molar-refractivity contribution is -0.111. The number of carbonyl (C=O) groups excluding carboxylic acids is 1. The first-order chi connectivity index (χ1) is 10.9. The monoisotopic (exact) mass is 549 g/mol. The lowest BCUT2D eigenvalue weighted by atomic mass is 10.1. The molecule has 1 amide bonds. The Morgan fingerprint density at radius 3 is 2.65 bits per heavy atom. The Bertz CT molecular complexity index is 775. The topological polar surface area (TPSA) is 38.3 Å². The summed E-state index contributed by atoms with van der Waals surface area (Å²) >= 11 is 9.12. The second-order valence-electron chi connectivity index (χ2n) is 4.79. The van der Waals surface area contributed by atoms with Gasteiger partial charge in [0.15, 0.2) is 0 Å². The largest absolute Gasteiger partial charge is 0.495 e. The molecular formula is C17H14Br2INO2. The number of hydrogen-bond donors (Lipinski definition) is 1. The number of carbonyl (C=O) groups is 1. The molecule has 0 heterocycles. The van der Waals surface area contributed by atoms with Crippen LogP contribution in [0.2, 0.25) is 0 Å². The van der Waals surface area contributed by atoms with E-state index in [2.05, 4.69) is 59.8 Å². The molecule has 0 aliphatic heterocycles. The van der Waals surface area contributed by atoms with Crippen molar-refractivity contribution in [3.05, 3.63) is 60.1 Å². The number of hydrogen-bond acceptors (Lipinski definition) is 2. The smallest absolute Gasteiger partial charge is 0.248 e. The average molecular weight is 551 g/mol. The summed E-state index contributed by atoms with van der Waals surface area (Å²) in [5, 5.41) is 2.88. The van der Waals surface area contributed by atoms with E-state index in [4.69, 9.17) is 4.74 Å². The predicted octanol–water partition coefficient (Wildman–Crippen LogP) is 5.79. The van der Waals surface area contributed by atoms with E-state index in [1.165, 1.54) is 6.08 Å². The fourth-order valence-electron chi connectivity index (χ4n) is 2.03. The van der Waals surface area contributed by atoms with E-state index in [1.54, 1.807) is 13.2 Å². The molecule has 3 nitrogen and oxygen atoms in total. The summed E-state index contributed by atoms with van der Waals surface area (Å²) in [6, 6.07) is 9.67. The number of aryl methyl sites for hydroxylation is 1. The van der Waals surface area contributed by atoms with Gasteiger partial charge in [0.05, 0.1) is 11.6 Å². The first-order valence-corrected chi connectivity index (χ1v) is 9.35. The van der Waals surface area contributed by atoms with Crippen LogP contribution in [0.15, 0.2) is 45.4 Å². The summed E-state index contributed by atoms with van der Waals surface area (Å²) in [7, 11) is 1.60. The Hall–Kier alpha value is -0.860. The molecule has 0 radical (unpaired) electrons. The molecule has 0 saturated carbocycles. The molecule has 6 heteroatoms. The fourth-order valence-corrected chi connectivity index (χ4v) is 4.09. The lowest BCUT2D eigenvalue weighted by Crippen LogP contribution is -2.09. The fraction of sp³-hybridized carbons (Fsp3) is 0.118. The molecule has 0 spiro atoms. The zero-order chi connectivity index (χ0) is 17.0. The molecule has 1 N–H and O–H groups in total. The highest BCUT2D eigenvalue weighted by atomic mass is 127. The van der Waals surface area contributed by atoms with E-state index in [0.717, 1.165) is 29.3 Å². The highest BCUT2D eigenvalue weighted by molar-refractivity contribution is 14.1. The van der Waals surface area contributed by atoms with Crippen molar-refractivity contribution in [3.8, 4) is 5.75 Å². The van der Waals surface area contributed by atoms with Crippen molar-refractivity contribution in [2.24, 2.45) is 0 Å². The van der Waals surface area contributed by atoms with Crippen molar-refractivity contribution in [1.29, 1.82) is 0 Å². The molecule has 2 rings (SSSR count). The normalized spacial score (nSPS) is 10.8. The van der Waals surface area contributed by atoms with Crippen LogP contribution in [-0.2, 0) is 4.79 Å². The number of rotatable bonds is 4. The molecule has 0 aliphatic carbocycles. The molecule has 0 fully saturated rings. The van der Waals surface area contributed by atoms with Gasteiger partial charge in [0.25, 0.3) is 0 Å². The molecule has 0 bridgehead atoms. The molecule has 2 aromatic rings. The Kier molecular flexibility index (Phi) is 6.67. The molecule has 0 aromatic heterocycles. The average Bonchev–Trinajstić information content (AvgIpc) is 2.47. The third kappa shape index (κ3) is 5.06. The van der Waals surface area contributed by atoms with Crippen LogP contribution in [0.25, 0.3) is 6.08 Å². The number of nitrogens with one attached hydrogen (secondary N) is 1. The summed E-state index contributed by atoms with van der Waals surface area (Å²) < 4.78 is 8.22. The molecule has 0 saturated heterocycles. The van der Waals surface area contributed by atoms with Crippen LogP contribution < -0.4 is 10.1 Å². The quantitative estimate of drug-likeness (QED) is 0.387. The molecule has 23 heavy (non-hydrogen) atoms. The molecule has 2 aromatic carbocycles. The van der Waals surface area contributed by atoms with Gasteiger partial charge in [-0.05, 0) is 87.4 Å². The van der Waals surface area contributed by atoms with Gasteiger partial charge in [0, 0.05) is 25.4 Å². The lowest BCUT2D eigenvalue weighted by Gasteiger charge is -2.09. The van der Waals surface area contributed by atoms with Gasteiger partial charge < -0.3 is 10.1 Å². The molecule has 0 atom stereocenters. The van der Waals surface area contributed by atoms with Gasteiger partial charge in [0.2, 0.25) is 5.91 Å². The maximum atomic E-state index is 12.1. The van der Waals surface area contributed by atoms with Crippen molar-refractivity contribution in [2.75, 3.05) is 12.4 Å². The van der Waals surface area contributed by atoms with Gasteiger partial charge in [-0.15, -0.1) is 0 Å². The first-order valence-electron chi connectivity index (χ1n) is 6.69. The number of ether oxygens (including phenoxy) is 1. The number of amides is 1. The van der Waals surface area contributed by atoms with Gasteiger partial charge in [-0.25, -0.2) is 0 Å². The van der Waals surface area contributed by atoms with Crippen molar-refractivity contribution in [2.45, 2.75) is 6.92 Å². The van der Waals surface area contributed by atoms with Crippen LogP contribution in [-0.4, -0.2) is 13.0 Å². The van der Waals surface area contributed by atoms with E-state index in [1.807, 2.05) is 37.3 Å². The Labute approximate surface area is 165 Å². The minimum absolute atomic E-state index is 0.188. The minimum Gasteiger partial charge on any atom is -0.495 e. The van der Waals surface area contributed by atoms with Crippen molar-refractivity contribution in [1.82, 2.24) is 0 Å². The second-order valence-corrected chi connectivity index (χ2v) is 7.81. The maximum Gasteiger partial charge on any atom is 0.248 e. The summed E-state index contributed by atoms with van der Waals surface area (Å²) in [5.74, 6) is 0.496. The van der Waals surface area contributed by atoms with Gasteiger partial charge >= 0.3 is 0 Å². The van der Waals surface area contributed by atoms with Gasteiger partial charge in [-0.1, -0.05) is 15.9 Å². The van der Waals surface area contributed by atoms with Crippen molar-refractivity contribution >= 4 is 72.1 Å². The number of benzene rings is 2. The first kappa shape index (κ1) is 18.5. The van der Waals surface area contributed by atoms with E-state index < -0.39 is 0 Å². The van der Waals surface area contributed by atoms with E-state index in [0.29, 0.717) is 5.75 Å². The van der Waals surface area contributed by atoms with Crippen LogP contribution in [0.3, 0.4) is 0 Å². The third-order valence-corrected chi connectivity index (χ3v) is 4.82. The Morgan fingerprint density at radius 1 is 1.26 bits per heavy atom. The maximum absolute atomic E-state index is 12.1. The standard InChI is InChI=1S/C17H14Br2INO2/c1-10-7-13(20)4-5-15(10)21-16(22)6-3-11-8-12(18)9-14(19)17(11)23-2/h3-9H,1-2H3,(H,21,22)/b6-3+. The van der Waals surface area contributed by atoms with E-state index in [9.17, 15) is 4.79 Å². The zero-order valence-corrected chi connectivity index (χ0v) is 17.8. The number of halogens is 3.